The predicted octanol–water partition coefficient (Wildman–Crippen LogP) is 1.13. The van der Waals surface area contributed by atoms with Gasteiger partial charge in [0.05, 0.1) is 17.2 Å². The van der Waals surface area contributed by atoms with E-state index in [9.17, 15) is 8.42 Å². The van der Waals surface area contributed by atoms with Crippen molar-refractivity contribution in [2.75, 3.05) is 17.2 Å². The lowest BCUT2D eigenvalue weighted by molar-refractivity contribution is 0.602. The molecule has 1 aromatic carbocycles. The van der Waals surface area contributed by atoms with Crippen LogP contribution >= 0.6 is 11.8 Å². The van der Waals surface area contributed by atoms with Crippen molar-refractivity contribution in [1.29, 1.82) is 0 Å². The molecular formula is C12H14N4O2S2. The van der Waals surface area contributed by atoms with Crippen LogP contribution in [0.4, 0.5) is 5.95 Å². The molecule has 0 aliphatic carbocycles. The lowest BCUT2D eigenvalue weighted by atomic mass is 10.3. The van der Waals surface area contributed by atoms with Gasteiger partial charge in [-0.15, -0.1) is 10.2 Å². The third-order valence-electron chi connectivity index (χ3n) is 3.14. The normalized spacial score (nSPS) is 21.1. The lowest BCUT2D eigenvalue weighted by Gasteiger charge is -2.10. The topological polar surface area (TPSA) is 90.9 Å². The second-order valence-corrected chi connectivity index (χ2v) is 8.15. The van der Waals surface area contributed by atoms with E-state index in [2.05, 4.69) is 10.2 Å². The zero-order valence-electron chi connectivity index (χ0n) is 10.6. The van der Waals surface area contributed by atoms with E-state index in [4.69, 9.17) is 5.73 Å². The van der Waals surface area contributed by atoms with Gasteiger partial charge in [-0.25, -0.2) is 8.42 Å². The minimum absolute atomic E-state index is 0.0195. The Hall–Kier alpha value is -1.54. The Labute approximate surface area is 121 Å². The maximum atomic E-state index is 11.5. The summed E-state index contributed by atoms with van der Waals surface area (Å²) < 4.78 is 24.8. The molecule has 106 valence electrons. The van der Waals surface area contributed by atoms with Gasteiger partial charge in [0.25, 0.3) is 0 Å². The highest BCUT2D eigenvalue weighted by atomic mass is 32.2. The lowest BCUT2D eigenvalue weighted by Crippen LogP contribution is -2.08. The Kier molecular flexibility index (Phi) is 3.43. The molecule has 1 unspecified atom stereocenters. The van der Waals surface area contributed by atoms with E-state index in [0.29, 0.717) is 17.5 Å². The Balaban J connectivity index is 1.89. The fourth-order valence-corrected chi connectivity index (χ4v) is 5.69. The predicted molar refractivity (Wildman–Crippen MR) is 78.7 cm³/mol. The first-order valence-corrected chi connectivity index (χ1v) is 8.89. The van der Waals surface area contributed by atoms with Gasteiger partial charge >= 0.3 is 0 Å². The molecule has 1 saturated heterocycles. The summed E-state index contributed by atoms with van der Waals surface area (Å²) in [6, 6.07) is 9.55. The van der Waals surface area contributed by atoms with Crippen molar-refractivity contribution in [2.45, 2.75) is 16.8 Å². The molecule has 2 aromatic rings. The molecule has 0 spiro atoms. The van der Waals surface area contributed by atoms with Gasteiger partial charge in [0.15, 0.2) is 15.0 Å². The molecule has 3 rings (SSSR count). The van der Waals surface area contributed by atoms with E-state index in [1.165, 1.54) is 11.8 Å². The summed E-state index contributed by atoms with van der Waals surface area (Å²) in [6.45, 7) is 0. The van der Waals surface area contributed by atoms with E-state index in [-0.39, 0.29) is 16.8 Å². The van der Waals surface area contributed by atoms with Crippen molar-refractivity contribution >= 4 is 27.5 Å². The zero-order chi connectivity index (χ0) is 14.2. The summed E-state index contributed by atoms with van der Waals surface area (Å²) in [5, 5.41) is 8.61. The largest absolute Gasteiger partial charge is 0.368 e. The summed E-state index contributed by atoms with van der Waals surface area (Å²) in [5.41, 5.74) is 6.73. The van der Waals surface area contributed by atoms with Crippen molar-refractivity contribution in [2.24, 2.45) is 0 Å². The fourth-order valence-electron chi connectivity index (χ4n) is 2.18. The molecule has 0 radical (unpaired) electrons. The number of aromatic nitrogens is 3. The maximum absolute atomic E-state index is 11.5. The summed E-state index contributed by atoms with van der Waals surface area (Å²) >= 11 is 1.43. The highest BCUT2D eigenvalue weighted by Crippen LogP contribution is 2.32. The smallest absolute Gasteiger partial charge is 0.227 e. The number of hydrogen-bond donors (Lipinski definition) is 1. The molecule has 1 atom stereocenters. The number of para-hydroxylation sites is 1. The number of rotatable bonds is 3. The number of nitrogens with zero attached hydrogens (tertiary/aromatic N) is 3. The van der Waals surface area contributed by atoms with Crippen molar-refractivity contribution in [3.63, 3.8) is 0 Å². The first-order valence-electron chi connectivity index (χ1n) is 6.18. The second-order valence-electron chi connectivity index (χ2n) is 4.65. The molecular weight excluding hydrogens is 296 g/mol. The van der Waals surface area contributed by atoms with Crippen molar-refractivity contribution in [3.8, 4) is 5.69 Å². The van der Waals surface area contributed by atoms with E-state index >= 15 is 0 Å². The Bertz CT molecular complexity index is 712. The quantitative estimate of drug-likeness (QED) is 0.914. The first-order chi connectivity index (χ1) is 9.55. The summed E-state index contributed by atoms with van der Waals surface area (Å²) in [6.07, 6.45) is 0.647. The molecule has 0 saturated carbocycles. The number of benzene rings is 1. The Morgan fingerprint density at radius 3 is 2.65 bits per heavy atom. The average molecular weight is 310 g/mol. The minimum atomic E-state index is -2.90. The van der Waals surface area contributed by atoms with Gasteiger partial charge in [0, 0.05) is 5.25 Å². The number of nitrogen functional groups attached to an aromatic ring is 1. The van der Waals surface area contributed by atoms with Crippen molar-refractivity contribution in [1.82, 2.24) is 14.8 Å². The summed E-state index contributed by atoms with van der Waals surface area (Å²) in [5.74, 6) is 0.748. The standard InChI is InChI=1S/C12H14N4O2S2/c13-11-14-15-12(16(11)9-4-2-1-3-5-9)19-10-6-7-20(17,18)8-10/h1-5,10H,6-8H2,(H2,13,14). The van der Waals surface area contributed by atoms with Crippen molar-refractivity contribution < 1.29 is 8.42 Å². The van der Waals surface area contributed by atoms with Crippen LogP contribution < -0.4 is 5.73 Å². The molecule has 1 fully saturated rings. The highest BCUT2D eigenvalue weighted by Gasteiger charge is 2.30. The molecule has 6 nitrogen and oxygen atoms in total. The van der Waals surface area contributed by atoms with Gasteiger partial charge in [-0.1, -0.05) is 30.0 Å². The van der Waals surface area contributed by atoms with Crippen LogP contribution in [0.15, 0.2) is 35.5 Å². The molecule has 0 bridgehead atoms. The van der Waals surface area contributed by atoms with Gasteiger partial charge in [-0.05, 0) is 18.6 Å². The van der Waals surface area contributed by atoms with E-state index in [1.807, 2.05) is 30.3 Å². The molecule has 20 heavy (non-hydrogen) atoms. The van der Waals surface area contributed by atoms with Crippen LogP contribution in [0.5, 0.6) is 0 Å². The molecule has 1 aliphatic rings. The molecule has 1 aliphatic heterocycles. The second kappa shape index (κ2) is 5.10. The highest BCUT2D eigenvalue weighted by molar-refractivity contribution is 8.01. The van der Waals surface area contributed by atoms with Gasteiger partial charge in [-0.3, -0.25) is 4.57 Å². The fraction of sp³-hybridized carbons (Fsp3) is 0.333. The van der Waals surface area contributed by atoms with Gasteiger partial charge in [-0.2, -0.15) is 0 Å². The van der Waals surface area contributed by atoms with E-state index < -0.39 is 9.84 Å². The Morgan fingerprint density at radius 2 is 2.00 bits per heavy atom. The Morgan fingerprint density at radius 1 is 1.25 bits per heavy atom. The van der Waals surface area contributed by atoms with Crippen LogP contribution in [0.3, 0.4) is 0 Å². The van der Waals surface area contributed by atoms with Gasteiger partial charge in [0.2, 0.25) is 5.95 Å². The number of thioether (sulfide) groups is 1. The molecule has 8 heteroatoms. The number of anilines is 1. The monoisotopic (exact) mass is 310 g/mol. The van der Waals surface area contributed by atoms with E-state index in [0.717, 1.165) is 5.69 Å². The summed E-state index contributed by atoms with van der Waals surface area (Å²) in [7, 11) is -2.90. The number of nitrogens with two attached hydrogens (primary N) is 1. The minimum Gasteiger partial charge on any atom is -0.368 e. The molecule has 1 aromatic heterocycles. The molecule has 2 N–H and O–H groups in total. The summed E-state index contributed by atoms with van der Waals surface area (Å²) in [4.78, 5) is 0. The zero-order valence-corrected chi connectivity index (χ0v) is 12.3. The van der Waals surface area contributed by atoms with Gasteiger partial charge in [0.1, 0.15) is 0 Å². The van der Waals surface area contributed by atoms with Crippen LogP contribution in [0.25, 0.3) is 5.69 Å². The van der Waals surface area contributed by atoms with Crippen LogP contribution in [0.2, 0.25) is 0 Å². The third kappa shape index (κ3) is 2.66. The van der Waals surface area contributed by atoms with Crippen LogP contribution in [0, 0.1) is 0 Å². The number of hydrogen-bond acceptors (Lipinski definition) is 6. The van der Waals surface area contributed by atoms with Crippen LogP contribution in [-0.4, -0.2) is 39.9 Å². The average Bonchev–Trinajstić information content (AvgIpc) is 2.94. The SMILES string of the molecule is Nc1nnc(SC2CCS(=O)(=O)C2)n1-c1ccccc1. The van der Waals surface area contributed by atoms with E-state index in [1.54, 1.807) is 4.57 Å². The molecule has 0 amide bonds. The maximum Gasteiger partial charge on any atom is 0.227 e. The third-order valence-corrected chi connectivity index (χ3v) is 6.33. The van der Waals surface area contributed by atoms with Crippen molar-refractivity contribution in [3.05, 3.63) is 30.3 Å². The van der Waals surface area contributed by atoms with Gasteiger partial charge < -0.3 is 5.73 Å². The first kappa shape index (κ1) is 13.4. The van der Waals surface area contributed by atoms with Crippen LogP contribution in [-0.2, 0) is 9.84 Å². The molecule has 2 heterocycles. The van der Waals surface area contributed by atoms with Crippen LogP contribution in [0.1, 0.15) is 6.42 Å². The number of sulfone groups is 1.